The summed E-state index contributed by atoms with van der Waals surface area (Å²) in [5.41, 5.74) is -0.0321. The van der Waals surface area contributed by atoms with E-state index >= 15 is 0 Å². The van der Waals surface area contributed by atoms with Crippen LogP contribution >= 0.6 is 11.8 Å². The molecule has 1 N–H and O–H groups in total. The van der Waals surface area contributed by atoms with Crippen LogP contribution in [0.2, 0.25) is 0 Å². The van der Waals surface area contributed by atoms with Gasteiger partial charge in [-0.2, -0.15) is 0 Å². The van der Waals surface area contributed by atoms with Crippen LogP contribution in [-0.2, 0) is 14.3 Å². The highest BCUT2D eigenvalue weighted by molar-refractivity contribution is 7.99. The first kappa shape index (κ1) is 18.9. The molecule has 0 radical (unpaired) electrons. The molecule has 1 amide bonds. The summed E-state index contributed by atoms with van der Waals surface area (Å²) < 4.78 is 5.40. The fourth-order valence-corrected chi connectivity index (χ4v) is 6.56. The second kappa shape index (κ2) is 7.86. The number of ether oxygens (including phenoxy) is 1. The highest BCUT2D eigenvalue weighted by Crippen LogP contribution is 2.55. The number of esters is 1. The van der Waals surface area contributed by atoms with Crippen LogP contribution in [0.5, 0.6) is 0 Å². The average molecular weight is 388 g/mol. The number of hydrogen-bond acceptors (Lipinski definition) is 4. The molecule has 4 aliphatic rings. The molecule has 0 aliphatic heterocycles. The minimum Gasteiger partial charge on any atom is -0.453 e. The van der Waals surface area contributed by atoms with Crippen LogP contribution in [0.1, 0.15) is 51.9 Å². The standard InChI is InChI=1S/C22H29NO3S/c1-15(26-20(24)7-8-27-19-5-3-2-4-6-19)21(25)23-22-12-16-9-17(13-22)11-18(10-16)14-22/h2-6,15-18H,7-14H2,1H3,(H,23,25)/t15-,16?,17?,18?,22?/m0/s1. The quantitative estimate of drug-likeness (QED) is 0.563. The summed E-state index contributed by atoms with van der Waals surface area (Å²) in [6, 6.07) is 9.99. The van der Waals surface area contributed by atoms with E-state index in [-0.39, 0.29) is 17.4 Å². The smallest absolute Gasteiger partial charge is 0.307 e. The molecule has 0 saturated heterocycles. The van der Waals surface area contributed by atoms with Crippen molar-refractivity contribution < 1.29 is 14.3 Å². The van der Waals surface area contributed by atoms with Crippen LogP contribution in [0.15, 0.2) is 35.2 Å². The average Bonchev–Trinajstić information content (AvgIpc) is 2.61. The number of nitrogens with one attached hydrogen (secondary N) is 1. The monoisotopic (exact) mass is 387 g/mol. The predicted molar refractivity (Wildman–Crippen MR) is 106 cm³/mol. The summed E-state index contributed by atoms with van der Waals surface area (Å²) in [5, 5.41) is 3.29. The molecule has 4 aliphatic carbocycles. The topological polar surface area (TPSA) is 55.4 Å². The van der Waals surface area contributed by atoms with Crippen molar-refractivity contribution in [2.45, 2.75) is 68.4 Å². The van der Waals surface area contributed by atoms with Gasteiger partial charge >= 0.3 is 5.97 Å². The van der Waals surface area contributed by atoms with Gasteiger partial charge in [0.2, 0.25) is 0 Å². The Kier molecular flexibility index (Phi) is 5.49. The van der Waals surface area contributed by atoms with E-state index in [0.717, 1.165) is 41.9 Å². The molecule has 4 nitrogen and oxygen atoms in total. The van der Waals surface area contributed by atoms with Gasteiger partial charge in [-0.3, -0.25) is 9.59 Å². The first-order valence-electron chi connectivity index (χ1n) is 10.2. The Bertz CT molecular complexity index is 655. The summed E-state index contributed by atoms with van der Waals surface area (Å²) in [4.78, 5) is 25.9. The maximum absolute atomic E-state index is 12.7. The van der Waals surface area contributed by atoms with E-state index in [4.69, 9.17) is 4.74 Å². The van der Waals surface area contributed by atoms with Crippen LogP contribution < -0.4 is 5.32 Å². The molecular weight excluding hydrogens is 358 g/mol. The predicted octanol–water partition coefficient (Wildman–Crippen LogP) is 4.19. The lowest BCUT2D eigenvalue weighted by Crippen LogP contribution is -2.61. The first-order valence-corrected chi connectivity index (χ1v) is 11.2. The normalized spacial score (nSPS) is 32.1. The Morgan fingerprint density at radius 3 is 2.30 bits per heavy atom. The van der Waals surface area contributed by atoms with E-state index in [9.17, 15) is 9.59 Å². The van der Waals surface area contributed by atoms with Crippen molar-refractivity contribution in [2.24, 2.45) is 17.8 Å². The van der Waals surface area contributed by atoms with Crippen LogP contribution in [-0.4, -0.2) is 29.3 Å². The molecule has 0 unspecified atom stereocenters. The Morgan fingerprint density at radius 2 is 1.70 bits per heavy atom. The van der Waals surface area contributed by atoms with Gasteiger partial charge in [0, 0.05) is 16.2 Å². The minimum atomic E-state index is -0.716. The summed E-state index contributed by atoms with van der Waals surface area (Å²) in [7, 11) is 0. The molecule has 5 heteroatoms. The van der Waals surface area contributed by atoms with E-state index < -0.39 is 6.10 Å². The molecule has 4 saturated carbocycles. The van der Waals surface area contributed by atoms with Gasteiger partial charge in [-0.1, -0.05) is 18.2 Å². The molecular formula is C22H29NO3S. The number of rotatable bonds is 7. The third-order valence-corrected chi connectivity index (χ3v) is 7.44. The Hall–Kier alpha value is -1.49. The van der Waals surface area contributed by atoms with Crippen molar-refractivity contribution in [3.63, 3.8) is 0 Å². The third-order valence-electron chi connectivity index (χ3n) is 6.42. The molecule has 4 bridgehead atoms. The van der Waals surface area contributed by atoms with E-state index in [1.165, 1.54) is 19.3 Å². The number of carbonyl (C=O) groups is 2. The molecule has 1 aromatic carbocycles. The summed E-state index contributed by atoms with van der Waals surface area (Å²) in [6.45, 7) is 1.69. The van der Waals surface area contributed by atoms with Crippen LogP contribution in [0.3, 0.4) is 0 Å². The Labute approximate surface area is 165 Å². The van der Waals surface area contributed by atoms with Crippen molar-refractivity contribution >= 4 is 23.6 Å². The summed E-state index contributed by atoms with van der Waals surface area (Å²) >= 11 is 1.63. The van der Waals surface area contributed by atoms with Crippen molar-refractivity contribution in [3.8, 4) is 0 Å². The number of thioether (sulfide) groups is 1. The van der Waals surface area contributed by atoms with Crippen molar-refractivity contribution in [3.05, 3.63) is 30.3 Å². The van der Waals surface area contributed by atoms with Crippen LogP contribution in [0, 0.1) is 17.8 Å². The molecule has 0 aromatic heterocycles. The molecule has 5 rings (SSSR count). The number of benzene rings is 1. The van der Waals surface area contributed by atoms with Crippen molar-refractivity contribution in [1.82, 2.24) is 5.32 Å². The van der Waals surface area contributed by atoms with E-state index in [2.05, 4.69) is 5.32 Å². The van der Waals surface area contributed by atoms with Gasteiger partial charge in [-0.15, -0.1) is 11.8 Å². The zero-order valence-electron chi connectivity index (χ0n) is 16.0. The molecule has 4 fully saturated rings. The first-order chi connectivity index (χ1) is 13.0. The van der Waals surface area contributed by atoms with Gasteiger partial charge in [-0.25, -0.2) is 0 Å². The maximum Gasteiger partial charge on any atom is 0.307 e. The third kappa shape index (κ3) is 4.50. The lowest BCUT2D eigenvalue weighted by molar-refractivity contribution is -0.156. The fourth-order valence-electron chi connectivity index (χ4n) is 5.71. The molecule has 0 heterocycles. The summed E-state index contributed by atoms with van der Waals surface area (Å²) in [6.07, 6.45) is 6.97. The fraction of sp³-hybridized carbons (Fsp3) is 0.636. The van der Waals surface area contributed by atoms with Gasteiger partial charge in [0.1, 0.15) is 0 Å². The lowest BCUT2D eigenvalue weighted by atomic mass is 9.53. The van der Waals surface area contributed by atoms with Crippen molar-refractivity contribution in [1.29, 1.82) is 0 Å². The van der Waals surface area contributed by atoms with E-state index in [0.29, 0.717) is 12.2 Å². The zero-order valence-corrected chi connectivity index (χ0v) is 16.8. The molecule has 1 aromatic rings. The largest absolute Gasteiger partial charge is 0.453 e. The second-order valence-electron chi connectivity index (χ2n) is 8.73. The highest BCUT2D eigenvalue weighted by atomic mass is 32.2. The molecule has 1 atom stereocenters. The summed E-state index contributed by atoms with van der Waals surface area (Å²) in [5.74, 6) is 2.58. The zero-order chi connectivity index (χ0) is 18.9. The number of hydrogen-bond donors (Lipinski definition) is 1. The molecule has 0 spiro atoms. The lowest BCUT2D eigenvalue weighted by Gasteiger charge is -2.57. The van der Waals surface area contributed by atoms with Gasteiger partial charge in [-0.05, 0) is 75.3 Å². The van der Waals surface area contributed by atoms with Gasteiger partial charge in [0.25, 0.3) is 5.91 Å². The van der Waals surface area contributed by atoms with Crippen LogP contribution in [0.4, 0.5) is 0 Å². The Balaban J connectivity index is 1.23. The van der Waals surface area contributed by atoms with Gasteiger partial charge in [0.15, 0.2) is 6.10 Å². The highest BCUT2D eigenvalue weighted by Gasteiger charge is 2.51. The van der Waals surface area contributed by atoms with E-state index in [1.807, 2.05) is 30.3 Å². The second-order valence-corrected chi connectivity index (χ2v) is 9.90. The SMILES string of the molecule is C[C@H](OC(=O)CCSc1ccccc1)C(=O)NC12CC3CC(CC(C3)C1)C2. The van der Waals surface area contributed by atoms with Gasteiger partial charge < -0.3 is 10.1 Å². The maximum atomic E-state index is 12.7. The van der Waals surface area contributed by atoms with E-state index in [1.54, 1.807) is 18.7 Å². The minimum absolute atomic E-state index is 0.0321. The molecule has 146 valence electrons. The van der Waals surface area contributed by atoms with Crippen LogP contribution in [0.25, 0.3) is 0 Å². The van der Waals surface area contributed by atoms with Gasteiger partial charge in [0.05, 0.1) is 6.42 Å². The Morgan fingerprint density at radius 1 is 1.11 bits per heavy atom. The van der Waals surface area contributed by atoms with Crippen molar-refractivity contribution in [2.75, 3.05) is 5.75 Å². The number of carbonyl (C=O) groups excluding carboxylic acids is 2. The number of amides is 1. The molecule has 27 heavy (non-hydrogen) atoms.